The van der Waals surface area contributed by atoms with Crippen LogP contribution in [0.3, 0.4) is 0 Å². The molecule has 0 amide bonds. The van der Waals surface area contributed by atoms with Crippen LogP contribution in [0.2, 0.25) is 0 Å². The number of allylic oxidation sites excluding steroid dienone is 2. The minimum atomic E-state index is -4.65. The summed E-state index contributed by atoms with van der Waals surface area (Å²) in [6, 6.07) is 0. The first kappa shape index (κ1) is 29.2. The fourth-order valence-corrected chi connectivity index (χ4v) is 9.35. The van der Waals surface area contributed by atoms with Crippen LogP contribution in [0, 0.1) is 46.3 Å². The molecule has 37 heavy (non-hydrogen) atoms. The van der Waals surface area contributed by atoms with Crippen LogP contribution >= 0.6 is 0 Å². The first-order valence-electron chi connectivity index (χ1n) is 13.4. The zero-order chi connectivity index (χ0) is 27.4. The molecule has 0 radical (unpaired) electrons. The second-order valence-electron chi connectivity index (χ2n) is 12.5. The fraction of sp³-hybridized carbons (Fsp3) is 0.846. The standard InChI is InChI=1S/C26H42O9S2/c1-16(2)5-6-17(15-34-36(28,29)30)20-9-10-21-19-8-7-18-13-24(35-37(31,32)33)23(27)14-26(18,4)22(19)11-12-25(20,21)3/h5-7,16-17,19-24,27H,8-15H2,1-4H3,(H,28,29,30)(H,31,32,33). The van der Waals surface area contributed by atoms with Crippen molar-refractivity contribution in [3.8, 4) is 0 Å². The lowest BCUT2D eigenvalue weighted by Gasteiger charge is -2.59. The Balaban J connectivity index is 1.57. The van der Waals surface area contributed by atoms with Crippen molar-refractivity contribution >= 4 is 20.8 Å². The van der Waals surface area contributed by atoms with Crippen LogP contribution in [0.15, 0.2) is 23.8 Å². The van der Waals surface area contributed by atoms with E-state index in [1.165, 1.54) is 0 Å². The van der Waals surface area contributed by atoms with Crippen LogP contribution < -0.4 is 0 Å². The number of rotatable bonds is 8. The summed E-state index contributed by atoms with van der Waals surface area (Å²) in [6.07, 6.45) is 9.79. The highest BCUT2D eigenvalue weighted by Crippen LogP contribution is 2.67. The summed E-state index contributed by atoms with van der Waals surface area (Å²) in [7, 11) is -9.18. The van der Waals surface area contributed by atoms with Gasteiger partial charge in [-0.05, 0) is 85.4 Å². The molecule has 9 atom stereocenters. The van der Waals surface area contributed by atoms with E-state index in [0.717, 1.165) is 37.7 Å². The maximum atomic E-state index is 11.4. The number of hydrogen-bond donors (Lipinski definition) is 3. The van der Waals surface area contributed by atoms with Crippen LogP contribution in [0.1, 0.15) is 72.6 Å². The van der Waals surface area contributed by atoms with E-state index in [4.69, 9.17) is 12.9 Å². The molecule has 0 heterocycles. The molecule has 0 aliphatic heterocycles. The molecule has 0 spiro atoms. The lowest BCUT2D eigenvalue weighted by Crippen LogP contribution is -2.53. The molecular weight excluding hydrogens is 520 g/mol. The quantitative estimate of drug-likeness (QED) is 0.290. The molecule has 4 aliphatic carbocycles. The van der Waals surface area contributed by atoms with Gasteiger partial charge in [-0.15, -0.1) is 0 Å². The molecule has 3 N–H and O–H groups in total. The molecule has 4 aliphatic rings. The van der Waals surface area contributed by atoms with E-state index in [1.807, 2.05) is 0 Å². The second kappa shape index (κ2) is 10.3. The third-order valence-electron chi connectivity index (χ3n) is 10.1. The zero-order valence-corrected chi connectivity index (χ0v) is 23.7. The van der Waals surface area contributed by atoms with Crippen LogP contribution in [0.4, 0.5) is 0 Å². The van der Waals surface area contributed by atoms with Gasteiger partial charge in [0, 0.05) is 5.92 Å². The molecule has 0 aromatic carbocycles. The van der Waals surface area contributed by atoms with Gasteiger partial charge in [-0.25, -0.2) is 8.37 Å². The molecule has 0 aromatic rings. The van der Waals surface area contributed by atoms with Crippen LogP contribution in [-0.4, -0.2) is 49.9 Å². The van der Waals surface area contributed by atoms with Crippen molar-refractivity contribution in [1.82, 2.24) is 0 Å². The van der Waals surface area contributed by atoms with E-state index >= 15 is 0 Å². The topological polar surface area (TPSA) is 147 Å². The van der Waals surface area contributed by atoms with Crippen molar-refractivity contribution in [2.75, 3.05) is 6.61 Å². The van der Waals surface area contributed by atoms with Crippen molar-refractivity contribution in [2.45, 2.75) is 84.8 Å². The van der Waals surface area contributed by atoms with Crippen molar-refractivity contribution in [3.05, 3.63) is 23.8 Å². The summed E-state index contributed by atoms with van der Waals surface area (Å²) in [4.78, 5) is 0. The van der Waals surface area contributed by atoms with Gasteiger partial charge in [-0.2, -0.15) is 16.8 Å². The molecule has 11 heteroatoms. The Morgan fingerprint density at radius 2 is 1.76 bits per heavy atom. The van der Waals surface area contributed by atoms with Crippen molar-refractivity contribution in [1.29, 1.82) is 0 Å². The fourth-order valence-electron chi connectivity index (χ4n) is 8.51. The van der Waals surface area contributed by atoms with Crippen LogP contribution in [-0.2, 0) is 29.2 Å². The minimum Gasteiger partial charge on any atom is -0.390 e. The van der Waals surface area contributed by atoms with Gasteiger partial charge < -0.3 is 5.11 Å². The number of aliphatic hydroxyl groups is 1. The number of aliphatic hydroxyl groups excluding tert-OH is 1. The molecule has 3 saturated carbocycles. The molecule has 0 bridgehead atoms. The minimum absolute atomic E-state index is 0.0126. The molecule has 0 saturated heterocycles. The number of hydrogen-bond acceptors (Lipinski definition) is 7. The Morgan fingerprint density at radius 1 is 1.05 bits per heavy atom. The van der Waals surface area contributed by atoms with Gasteiger partial charge in [0.1, 0.15) is 6.10 Å². The Bertz CT molecular complexity index is 1130. The molecule has 9 nitrogen and oxygen atoms in total. The molecule has 4 rings (SSSR count). The van der Waals surface area contributed by atoms with E-state index < -0.39 is 33.0 Å². The summed E-state index contributed by atoms with van der Waals surface area (Å²) >= 11 is 0. The monoisotopic (exact) mass is 562 g/mol. The Hall–Kier alpha value is -0.820. The van der Waals surface area contributed by atoms with Gasteiger partial charge in [-0.1, -0.05) is 51.5 Å². The van der Waals surface area contributed by atoms with Gasteiger partial charge in [0.25, 0.3) is 0 Å². The van der Waals surface area contributed by atoms with E-state index in [9.17, 15) is 26.5 Å². The average molecular weight is 563 g/mol. The third kappa shape index (κ3) is 6.02. The van der Waals surface area contributed by atoms with Gasteiger partial charge in [0.2, 0.25) is 0 Å². The van der Waals surface area contributed by atoms with Crippen LogP contribution in [0.5, 0.6) is 0 Å². The van der Waals surface area contributed by atoms with Gasteiger partial charge >= 0.3 is 20.8 Å². The normalized spacial score (nSPS) is 41.2. The Labute approximate surface area is 221 Å². The first-order valence-corrected chi connectivity index (χ1v) is 16.1. The Kier molecular flexibility index (Phi) is 8.12. The Morgan fingerprint density at radius 3 is 2.38 bits per heavy atom. The summed E-state index contributed by atoms with van der Waals surface area (Å²) in [6.45, 7) is 8.55. The predicted molar refractivity (Wildman–Crippen MR) is 138 cm³/mol. The largest absolute Gasteiger partial charge is 0.397 e. The summed E-state index contributed by atoms with van der Waals surface area (Å²) in [5.41, 5.74) is 0.817. The maximum absolute atomic E-state index is 11.4. The zero-order valence-electron chi connectivity index (χ0n) is 22.1. The third-order valence-corrected chi connectivity index (χ3v) is 11.0. The van der Waals surface area contributed by atoms with Crippen molar-refractivity contribution < 1.29 is 39.4 Å². The maximum Gasteiger partial charge on any atom is 0.397 e. The summed E-state index contributed by atoms with van der Waals surface area (Å²) in [5, 5.41) is 10.8. The van der Waals surface area contributed by atoms with Gasteiger partial charge in [0.15, 0.2) is 0 Å². The van der Waals surface area contributed by atoms with Crippen LogP contribution in [0.25, 0.3) is 0 Å². The highest BCUT2D eigenvalue weighted by molar-refractivity contribution is 7.81. The van der Waals surface area contributed by atoms with E-state index in [-0.39, 0.29) is 35.7 Å². The SMILES string of the molecule is CC(C)C=CC(COS(=O)(=O)O)C1CCC2C3CC=C4CC(OS(=O)(=O)O)C(O)CC4(C)C3CCC12C. The van der Waals surface area contributed by atoms with Crippen molar-refractivity contribution in [2.24, 2.45) is 46.3 Å². The van der Waals surface area contributed by atoms with E-state index in [0.29, 0.717) is 30.1 Å². The van der Waals surface area contributed by atoms with Gasteiger partial charge in [-0.3, -0.25) is 9.11 Å². The average Bonchev–Trinajstić information content (AvgIpc) is 3.10. The first-order chi connectivity index (χ1) is 17.0. The summed E-state index contributed by atoms with van der Waals surface area (Å²) in [5.74, 6) is 1.57. The predicted octanol–water partition coefficient (Wildman–Crippen LogP) is 4.37. The number of fused-ring (bicyclic) bond motifs is 5. The molecule has 212 valence electrons. The van der Waals surface area contributed by atoms with Crippen molar-refractivity contribution in [3.63, 3.8) is 0 Å². The van der Waals surface area contributed by atoms with E-state index in [1.54, 1.807) is 0 Å². The lowest BCUT2D eigenvalue weighted by molar-refractivity contribution is -0.0843. The molecule has 3 fully saturated rings. The molecule has 0 aromatic heterocycles. The second-order valence-corrected chi connectivity index (χ2v) is 14.7. The van der Waals surface area contributed by atoms with E-state index in [2.05, 4.69) is 45.9 Å². The molecule has 9 unspecified atom stereocenters. The lowest BCUT2D eigenvalue weighted by atomic mass is 9.46. The summed E-state index contributed by atoms with van der Waals surface area (Å²) < 4.78 is 73.3. The molecular formula is C26H42O9S2. The highest BCUT2D eigenvalue weighted by Gasteiger charge is 2.60. The highest BCUT2D eigenvalue weighted by atomic mass is 32.3. The smallest absolute Gasteiger partial charge is 0.390 e. The van der Waals surface area contributed by atoms with Gasteiger partial charge in [0.05, 0.1) is 12.7 Å².